The Kier molecular flexibility index (Phi) is 5.16. The van der Waals surface area contributed by atoms with E-state index in [1.54, 1.807) is 18.2 Å². The van der Waals surface area contributed by atoms with Crippen molar-refractivity contribution >= 4 is 17.7 Å². The lowest BCUT2D eigenvalue weighted by molar-refractivity contribution is 0.0692. The van der Waals surface area contributed by atoms with Gasteiger partial charge in [-0.15, -0.1) is 11.8 Å². The van der Waals surface area contributed by atoms with Crippen LogP contribution < -0.4 is 4.74 Å². The van der Waals surface area contributed by atoms with Crippen LogP contribution in [0, 0.1) is 11.6 Å². The van der Waals surface area contributed by atoms with E-state index in [0.29, 0.717) is 10.6 Å². The van der Waals surface area contributed by atoms with Crippen LogP contribution in [-0.2, 0) is 0 Å². The molecular weight excluding hydrogens is 298 g/mol. The first-order chi connectivity index (χ1) is 10.1. The number of hydrogen-bond donors (Lipinski definition) is 1. The minimum Gasteiger partial charge on any atom is -0.492 e. The molecule has 0 saturated heterocycles. The fourth-order valence-corrected chi connectivity index (χ4v) is 2.43. The van der Waals surface area contributed by atoms with Crippen LogP contribution in [0.2, 0.25) is 0 Å². The van der Waals surface area contributed by atoms with Gasteiger partial charge in [-0.1, -0.05) is 12.1 Å². The average molecular weight is 310 g/mol. The third kappa shape index (κ3) is 4.19. The predicted molar refractivity (Wildman–Crippen MR) is 76.0 cm³/mol. The fourth-order valence-electron chi connectivity index (χ4n) is 1.66. The third-order valence-electron chi connectivity index (χ3n) is 2.61. The number of benzene rings is 2. The summed E-state index contributed by atoms with van der Waals surface area (Å²) >= 11 is 1.26. The Labute approximate surface area is 124 Å². The van der Waals surface area contributed by atoms with E-state index in [0.717, 1.165) is 12.1 Å². The Morgan fingerprint density at radius 3 is 2.67 bits per heavy atom. The second-order valence-electron chi connectivity index (χ2n) is 4.07. The minimum absolute atomic E-state index is 0.0954. The zero-order chi connectivity index (χ0) is 15.2. The highest BCUT2D eigenvalue weighted by Crippen LogP contribution is 2.23. The summed E-state index contributed by atoms with van der Waals surface area (Å²) in [6.07, 6.45) is 0. The molecule has 3 nitrogen and oxygen atoms in total. The number of thioether (sulfide) groups is 1. The van der Waals surface area contributed by atoms with Crippen LogP contribution in [0.15, 0.2) is 47.4 Å². The standard InChI is InChI=1S/C15H12F2O3S/c16-10-5-6-13(11(9-10)15(18)19)20-7-8-21-14-4-2-1-3-12(14)17/h1-6,9H,7-8H2,(H,18,19). The Morgan fingerprint density at radius 2 is 1.95 bits per heavy atom. The van der Waals surface area contributed by atoms with Crippen molar-refractivity contribution in [2.75, 3.05) is 12.4 Å². The molecule has 21 heavy (non-hydrogen) atoms. The Hall–Kier alpha value is -2.08. The van der Waals surface area contributed by atoms with Crippen molar-refractivity contribution in [2.24, 2.45) is 0 Å². The van der Waals surface area contributed by atoms with E-state index >= 15 is 0 Å². The maximum Gasteiger partial charge on any atom is 0.339 e. The first kappa shape index (κ1) is 15.3. The third-order valence-corrected chi connectivity index (χ3v) is 3.62. The number of rotatable bonds is 6. The van der Waals surface area contributed by atoms with Crippen molar-refractivity contribution in [1.82, 2.24) is 0 Å². The van der Waals surface area contributed by atoms with Gasteiger partial charge in [0.1, 0.15) is 22.9 Å². The maximum absolute atomic E-state index is 13.4. The number of aromatic carboxylic acids is 1. The van der Waals surface area contributed by atoms with Crippen LogP contribution in [0.5, 0.6) is 5.75 Å². The fraction of sp³-hybridized carbons (Fsp3) is 0.133. The SMILES string of the molecule is O=C(O)c1cc(F)ccc1OCCSc1ccccc1F. The lowest BCUT2D eigenvalue weighted by Crippen LogP contribution is -2.06. The highest BCUT2D eigenvalue weighted by atomic mass is 32.2. The minimum atomic E-state index is -1.26. The van der Waals surface area contributed by atoms with Gasteiger partial charge in [-0.25, -0.2) is 13.6 Å². The zero-order valence-electron chi connectivity index (χ0n) is 10.9. The van der Waals surface area contributed by atoms with E-state index in [-0.39, 0.29) is 23.7 Å². The van der Waals surface area contributed by atoms with E-state index in [2.05, 4.69) is 0 Å². The molecule has 0 atom stereocenters. The smallest absolute Gasteiger partial charge is 0.339 e. The van der Waals surface area contributed by atoms with Crippen molar-refractivity contribution in [3.05, 3.63) is 59.7 Å². The highest BCUT2D eigenvalue weighted by molar-refractivity contribution is 7.99. The molecule has 1 N–H and O–H groups in total. The van der Waals surface area contributed by atoms with Crippen molar-refractivity contribution < 1.29 is 23.4 Å². The van der Waals surface area contributed by atoms with Gasteiger partial charge in [0.25, 0.3) is 0 Å². The maximum atomic E-state index is 13.4. The van der Waals surface area contributed by atoms with Crippen LogP contribution in [0.25, 0.3) is 0 Å². The van der Waals surface area contributed by atoms with Crippen LogP contribution in [-0.4, -0.2) is 23.4 Å². The van der Waals surface area contributed by atoms with Crippen molar-refractivity contribution in [1.29, 1.82) is 0 Å². The van der Waals surface area contributed by atoms with Crippen molar-refractivity contribution in [3.63, 3.8) is 0 Å². The first-order valence-corrected chi connectivity index (χ1v) is 7.09. The van der Waals surface area contributed by atoms with Gasteiger partial charge < -0.3 is 9.84 Å². The molecular formula is C15H12F2O3S. The molecule has 0 aliphatic carbocycles. The lowest BCUT2D eigenvalue weighted by atomic mass is 10.2. The Bertz CT molecular complexity index is 647. The number of carbonyl (C=O) groups is 1. The Morgan fingerprint density at radius 1 is 1.19 bits per heavy atom. The molecule has 6 heteroatoms. The quantitative estimate of drug-likeness (QED) is 0.650. The second-order valence-corrected chi connectivity index (χ2v) is 5.21. The molecule has 0 aromatic heterocycles. The van der Waals surface area contributed by atoms with Crippen LogP contribution in [0.1, 0.15) is 10.4 Å². The van der Waals surface area contributed by atoms with Crippen LogP contribution in [0.3, 0.4) is 0 Å². The van der Waals surface area contributed by atoms with Gasteiger partial charge in [-0.05, 0) is 30.3 Å². The summed E-state index contributed by atoms with van der Waals surface area (Å²) < 4.78 is 31.7. The van der Waals surface area contributed by atoms with E-state index < -0.39 is 11.8 Å². The van der Waals surface area contributed by atoms with E-state index in [9.17, 15) is 13.6 Å². The normalized spacial score (nSPS) is 10.4. The molecule has 110 valence electrons. The van der Waals surface area contributed by atoms with Gasteiger partial charge in [-0.2, -0.15) is 0 Å². The molecule has 0 aliphatic rings. The van der Waals surface area contributed by atoms with Crippen LogP contribution in [0.4, 0.5) is 8.78 Å². The van der Waals surface area contributed by atoms with Gasteiger partial charge in [0.2, 0.25) is 0 Å². The van der Waals surface area contributed by atoms with Gasteiger partial charge in [0.05, 0.1) is 6.61 Å². The summed E-state index contributed by atoms with van der Waals surface area (Å²) in [5.41, 5.74) is -0.231. The monoisotopic (exact) mass is 310 g/mol. The van der Waals surface area contributed by atoms with E-state index in [1.807, 2.05) is 0 Å². The topological polar surface area (TPSA) is 46.5 Å². The molecule has 0 saturated carbocycles. The van der Waals surface area contributed by atoms with Gasteiger partial charge in [-0.3, -0.25) is 0 Å². The van der Waals surface area contributed by atoms with E-state index in [4.69, 9.17) is 9.84 Å². The van der Waals surface area contributed by atoms with Crippen molar-refractivity contribution in [3.8, 4) is 5.75 Å². The lowest BCUT2D eigenvalue weighted by Gasteiger charge is -2.09. The molecule has 0 bridgehead atoms. The number of halogens is 2. The van der Waals surface area contributed by atoms with Crippen LogP contribution >= 0.6 is 11.8 Å². The first-order valence-electron chi connectivity index (χ1n) is 6.11. The number of carboxylic acids is 1. The summed E-state index contributed by atoms with van der Waals surface area (Å²) in [4.78, 5) is 11.5. The van der Waals surface area contributed by atoms with Gasteiger partial charge >= 0.3 is 5.97 Å². The number of hydrogen-bond acceptors (Lipinski definition) is 3. The van der Waals surface area contributed by atoms with Gasteiger partial charge in [0.15, 0.2) is 0 Å². The summed E-state index contributed by atoms with van der Waals surface area (Å²) in [5, 5.41) is 8.96. The Balaban J connectivity index is 1.92. The molecule has 0 unspecified atom stereocenters. The van der Waals surface area contributed by atoms with Gasteiger partial charge in [0, 0.05) is 10.6 Å². The zero-order valence-corrected chi connectivity index (χ0v) is 11.7. The second kappa shape index (κ2) is 7.08. The summed E-state index contributed by atoms with van der Waals surface area (Å²) in [6.45, 7) is 0.185. The molecule has 0 amide bonds. The highest BCUT2D eigenvalue weighted by Gasteiger charge is 2.12. The summed E-state index contributed by atoms with van der Waals surface area (Å²) in [7, 11) is 0. The number of ether oxygens (including phenoxy) is 1. The molecule has 0 aliphatic heterocycles. The molecule has 0 radical (unpaired) electrons. The molecule has 0 fully saturated rings. The predicted octanol–water partition coefficient (Wildman–Crippen LogP) is 3.83. The largest absolute Gasteiger partial charge is 0.492 e. The summed E-state index contributed by atoms with van der Waals surface area (Å²) in [5.74, 6) is -1.67. The summed E-state index contributed by atoms with van der Waals surface area (Å²) in [6, 6.07) is 9.66. The number of carboxylic acid groups (broad SMARTS) is 1. The molecule has 2 aromatic carbocycles. The average Bonchev–Trinajstić information content (AvgIpc) is 2.46. The molecule has 2 rings (SSSR count). The van der Waals surface area contributed by atoms with Crippen molar-refractivity contribution in [2.45, 2.75) is 4.90 Å². The molecule has 2 aromatic rings. The molecule has 0 spiro atoms. The molecule has 0 heterocycles. The van der Waals surface area contributed by atoms with E-state index in [1.165, 1.54) is 23.9 Å².